The van der Waals surface area contributed by atoms with Gasteiger partial charge in [0.2, 0.25) is 0 Å². The molecule has 0 aliphatic carbocycles. The summed E-state index contributed by atoms with van der Waals surface area (Å²) in [5, 5.41) is 4.22. The monoisotopic (exact) mass is 287 g/mol. The van der Waals surface area contributed by atoms with E-state index in [1.165, 1.54) is 5.56 Å². The second kappa shape index (κ2) is 6.28. The van der Waals surface area contributed by atoms with E-state index in [1.807, 2.05) is 36.3 Å². The first-order chi connectivity index (χ1) is 10.2. The molecule has 0 bridgehead atoms. The maximum Gasteiger partial charge on any atom is 0.118 e. The Morgan fingerprint density at radius 2 is 2.14 bits per heavy atom. The summed E-state index contributed by atoms with van der Waals surface area (Å²) in [5.74, 6) is 0.897. The lowest BCUT2D eigenvalue weighted by Crippen LogP contribution is -2.37. The number of rotatable bonds is 4. The molecule has 0 amide bonds. The number of hydrogen-bond donors (Lipinski definition) is 0. The van der Waals surface area contributed by atoms with Gasteiger partial charge in [0.1, 0.15) is 5.75 Å². The van der Waals surface area contributed by atoms with Crippen LogP contribution in [0, 0.1) is 0 Å². The van der Waals surface area contributed by atoms with Crippen LogP contribution in [0.4, 0.5) is 0 Å². The highest BCUT2D eigenvalue weighted by atomic mass is 16.5. The van der Waals surface area contributed by atoms with Gasteiger partial charge in [-0.3, -0.25) is 9.58 Å². The smallest absolute Gasteiger partial charge is 0.118 e. The highest BCUT2D eigenvalue weighted by Gasteiger charge is 2.22. The minimum Gasteiger partial charge on any atom is -0.497 e. The normalized spacial score (nSPS) is 19.6. The minimum absolute atomic E-state index is 0.116. The second-order valence-corrected chi connectivity index (χ2v) is 5.39. The van der Waals surface area contributed by atoms with Crippen molar-refractivity contribution in [2.45, 2.75) is 12.6 Å². The number of nitrogens with zero attached hydrogens (tertiary/aromatic N) is 3. The van der Waals surface area contributed by atoms with Crippen molar-refractivity contribution >= 4 is 0 Å². The van der Waals surface area contributed by atoms with Gasteiger partial charge in [0, 0.05) is 38.4 Å². The van der Waals surface area contributed by atoms with Crippen LogP contribution in [0.1, 0.15) is 17.2 Å². The van der Waals surface area contributed by atoms with Crippen molar-refractivity contribution in [2.24, 2.45) is 7.05 Å². The highest BCUT2D eigenvalue weighted by Crippen LogP contribution is 2.23. The minimum atomic E-state index is 0.116. The van der Waals surface area contributed by atoms with Crippen LogP contribution in [0.25, 0.3) is 0 Å². The molecule has 112 valence electrons. The molecule has 1 aromatic heterocycles. The van der Waals surface area contributed by atoms with E-state index in [0.717, 1.165) is 37.6 Å². The summed E-state index contributed by atoms with van der Waals surface area (Å²) in [6, 6.07) is 8.25. The van der Waals surface area contributed by atoms with Gasteiger partial charge in [0.15, 0.2) is 0 Å². The maximum atomic E-state index is 5.87. The van der Waals surface area contributed by atoms with Gasteiger partial charge in [-0.15, -0.1) is 0 Å². The van der Waals surface area contributed by atoms with Gasteiger partial charge >= 0.3 is 0 Å². The first-order valence-electron chi connectivity index (χ1n) is 7.20. The third-order valence-corrected chi connectivity index (χ3v) is 3.81. The van der Waals surface area contributed by atoms with Gasteiger partial charge in [-0.25, -0.2) is 0 Å². The topological polar surface area (TPSA) is 39.5 Å². The van der Waals surface area contributed by atoms with Crippen LogP contribution >= 0.6 is 0 Å². The van der Waals surface area contributed by atoms with Crippen LogP contribution in [0.3, 0.4) is 0 Å². The van der Waals surface area contributed by atoms with E-state index in [4.69, 9.17) is 9.47 Å². The third-order valence-electron chi connectivity index (χ3n) is 3.81. The quantitative estimate of drug-likeness (QED) is 0.862. The van der Waals surface area contributed by atoms with Crippen molar-refractivity contribution < 1.29 is 9.47 Å². The fourth-order valence-corrected chi connectivity index (χ4v) is 2.64. The van der Waals surface area contributed by atoms with E-state index in [1.54, 1.807) is 7.11 Å². The Morgan fingerprint density at radius 1 is 1.33 bits per heavy atom. The number of hydrogen-bond acceptors (Lipinski definition) is 4. The molecule has 5 nitrogen and oxygen atoms in total. The van der Waals surface area contributed by atoms with Gasteiger partial charge in [0.25, 0.3) is 0 Å². The fraction of sp³-hybridized carbons (Fsp3) is 0.438. The molecule has 21 heavy (non-hydrogen) atoms. The summed E-state index contributed by atoms with van der Waals surface area (Å²) in [5.41, 5.74) is 2.44. The largest absolute Gasteiger partial charge is 0.497 e. The summed E-state index contributed by atoms with van der Waals surface area (Å²) in [6.07, 6.45) is 4.04. The van der Waals surface area contributed by atoms with Crippen molar-refractivity contribution in [2.75, 3.05) is 26.8 Å². The van der Waals surface area contributed by atoms with Gasteiger partial charge < -0.3 is 9.47 Å². The summed E-state index contributed by atoms with van der Waals surface area (Å²) in [4.78, 5) is 2.42. The van der Waals surface area contributed by atoms with Crippen molar-refractivity contribution in [3.63, 3.8) is 0 Å². The van der Waals surface area contributed by atoms with Crippen molar-refractivity contribution in [3.8, 4) is 5.75 Å². The summed E-state index contributed by atoms with van der Waals surface area (Å²) >= 11 is 0. The Kier molecular flexibility index (Phi) is 4.22. The Hall–Kier alpha value is -1.85. The standard InChI is InChI=1S/C16H21N3O2/c1-18-11-14(9-17-18)16-12-19(7-8-21-16)10-13-3-5-15(20-2)6-4-13/h3-6,9,11,16H,7-8,10,12H2,1-2H3. The Balaban J connectivity index is 1.62. The predicted octanol–water partition coefficient (Wildman–Crippen LogP) is 2.00. The number of aromatic nitrogens is 2. The van der Waals surface area contributed by atoms with E-state index >= 15 is 0 Å². The van der Waals surface area contributed by atoms with Crippen LogP contribution in [0.5, 0.6) is 5.75 Å². The van der Waals surface area contributed by atoms with Gasteiger partial charge in [-0.2, -0.15) is 5.10 Å². The summed E-state index contributed by atoms with van der Waals surface area (Å²) in [7, 11) is 3.62. The van der Waals surface area contributed by atoms with Gasteiger partial charge in [-0.1, -0.05) is 12.1 Å². The van der Waals surface area contributed by atoms with E-state index in [0.29, 0.717) is 0 Å². The van der Waals surface area contributed by atoms with Gasteiger partial charge in [0.05, 0.1) is 26.0 Å². The lowest BCUT2D eigenvalue weighted by atomic mass is 10.1. The molecule has 1 aliphatic rings. The molecule has 0 spiro atoms. The molecule has 2 aromatic rings. The highest BCUT2D eigenvalue weighted by molar-refractivity contribution is 5.27. The SMILES string of the molecule is COc1ccc(CN2CCOC(c3cnn(C)c3)C2)cc1. The molecule has 1 aromatic carbocycles. The van der Waals surface area contributed by atoms with E-state index in [2.05, 4.69) is 22.1 Å². The van der Waals surface area contributed by atoms with Crippen LogP contribution in [0.15, 0.2) is 36.7 Å². The molecule has 0 radical (unpaired) electrons. The number of morpholine rings is 1. The molecule has 1 fully saturated rings. The lowest BCUT2D eigenvalue weighted by molar-refractivity contribution is -0.0329. The molecular weight excluding hydrogens is 266 g/mol. The molecule has 0 saturated carbocycles. The molecule has 1 saturated heterocycles. The van der Waals surface area contributed by atoms with Crippen LogP contribution in [0.2, 0.25) is 0 Å². The average Bonchev–Trinajstić information content (AvgIpc) is 2.95. The van der Waals surface area contributed by atoms with Crippen molar-refractivity contribution in [1.82, 2.24) is 14.7 Å². The lowest BCUT2D eigenvalue weighted by Gasteiger charge is -2.32. The summed E-state index contributed by atoms with van der Waals surface area (Å²) < 4.78 is 12.9. The van der Waals surface area contributed by atoms with Crippen LogP contribution in [-0.4, -0.2) is 41.5 Å². The molecule has 1 aliphatic heterocycles. The molecular formula is C16H21N3O2. The Labute approximate surface area is 125 Å². The Bertz CT molecular complexity index is 579. The van der Waals surface area contributed by atoms with Crippen LogP contribution in [-0.2, 0) is 18.3 Å². The average molecular weight is 287 g/mol. The number of ether oxygens (including phenoxy) is 2. The van der Waals surface area contributed by atoms with Crippen molar-refractivity contribution in [1.29, 1.82) is 0 Å². The molecule has 5 heteroatoms. The molecule has 0 N–H and O–H groups in total. The zero-order chi connectivity index (χ0) is 14.7. The molecule has 1 atom stereocenters. The zero-order valence-electron chi connectivity index (χ0n) is 12.5. The second-order valence-electron chi connectivity index (χ2n) is 5.39. The number of benzene rings is 1. The Morgan fingerprint density at radius 3 is 2.81 bits per heavy atom. The van der Waals surface area contributed by atoms with Gasteiger partial charge in [-0.05, 0) is 17.7 Å². The number of aryl methyl sites for hydroxylation is 1. The van der Waals surface area contributed by atoms with Crippen LogP contribution < -0.4 is 4.74 Å². The molecule has 1 unspecified atom stereocenters. The third kappa shape index (κ3) is 3.43. The molecule has 2 heterocycles. The fourth-order valence-electron chi connectivity index (χ4n) is 2.64. The van der Waals surface area contributed by atoms with E-state index in [9.17, 15) is 0 Å². The number of methoxy groups -OCH3 is 1. The van der Waals surface area contributed by atoms with E-state index < -0.39 is 0 Å². The first kappa shape index (κ1) is 14.1. The van der Waals surface area contributed by atoms with E-state index in [-0.39, 0.29) is 6.10 Å². The predicted molar refractivity (Wildman–Crippen MR) is 80.2 cm³/mol. The maximum absolute atomic E-state index is 5.87. The first-order valence-corrected chi connectivity index (χ1v) is 7.20. The zero-order valence-corrected chi connectivity index (χ0v) is 12.5. The van der Waals surface area contributed by atoms with Crippen molar-refractivity contribution in [3.05, 3.63) is 47.8 Å². The molecule has 3 rings (SSSR count). The summed E-state index contributed by atoms with van der Waals surface area (Å²) in [6.45, 7) is 3.56.